The Morgan fingerprint density at radius 2 is 1.70 bits per heavy atom. The Morgan fingerprint density at radius 1 is 1.20 bits per heavy atom. The molecular formula is C12H18F3NO4. The van der Waals surface area contributed by atoms with Crippen LogP contribution in [0.2, 0.25) is 0 Å². The third kappa shape index (κ3) is 4.36. The molecule has 3 N–H and O–H groups in total. The van der Waals surface area contributed by atoms with Crippen molar-refractivity contribution in [1.29, 1.82) is 0 Å². The number of carbonyl (C=O) groups excluding carboxylic acids is 1. The summed E-state index contributed by atoms with van der Waals surface area (Å²) >= 11 is 0. The summed E-state index contributed by atoms with van der Waals surface area (Å²) in [5.41, 5.74) is -2.08. The third-order valence-corrected chi connectivity index (χ3v) is 3.63. The molecule has 1 saturated carbocycles. The molecule has 1 atom stereocenters. The van der Waals surface area contributed by atoms with Gasteiger partial charge in [0.1, 0.15) is 0 Å². The molecule has 0 saturated heterocycles. The molecule has 8 heteroatoms. The van der Waals surface area contributed by atoms with Crippen molar-refractivity contribution in [3.05, 3.63) is 0 Å². The molecule has 20 heavy (non-hydrogen) atoms. The predicted molar refractivity (Wildman–Crippen MR) is 62.8 cm³/mol. The van der Waals surface area contributed by atoms with Gasteiger partial charge in [0, 0.05) is 5.92 Å². The van der Waals surface area contributed by atoms with Crippen LogP contribution in [0.25, 0.3) is 0 Å². The second-order valence-corrected chi connectivity index (χ2v) is 5.39. The van der Waals surface area contributed by atoms with Crippen LogP contribution in [0, 0.1) is 11.8 Å². The lowest BCUT2D eigenvalue weighted by molar-refractivity contribution is -0.184. The van der Waals surface area contributed by atoms with Gasteiger partial charge in [0.2, 0.25) is 5.91 Å². The molecule has 0 aromatic heterocycles. The van der Waals surface area contributed by atoms with Gasteiger partial charge in [-0.25, -0.2) is 4.79 Å². The molecule has 0 aromatic carbocycles. The van der Waals surface area contributed by atoms with E-state index < -0.39 is 42.0 Å². The fourth-order valence-electron chi connectivity index (χ4n) is 2.16. The fourth-order valence-corrected chi connectivity index (χ4v) is 2.16. The van der Waals surface area contributed by atoms with Crippen LogP contribution in [-0.2, 0) is 9.59 Å². The molecule has 116 valence electrons. The molecule has 0 bridgehead atoms. The summed E-state index contributed by atoms with van der Waals surface area (Å²) in [6, 6.07) is 0. The van der Waals surface area contributed by atoms with E-state index in [9.17, 15) is 27.9 Å². The van der Waals surface area contributed by atoms with Gasteiger partial charge in [-0.05, 0) is 32.6 Å². The van der Waals surface area contributed by atoms with Crippen LogP contribution in [0.15, 0.2) is 0 Å². The van der Waals surface area contributed by atoms with E-state index in [4.69, 9.17) is 5.11 Å². The van der Waals surface area contributed by atoms with E-state index in [2.05, 4.69) is 5.32 Å². The van der Waals surface area contributed by atoms with Crippen molar-refractivity contribution in [3.8, 4) is 0 Å². The van der Waals surface area contributed by atoms with E-state index in [1.807, 2.05) is 0 Å². The molecular weight excluding hydrogens is 279 g/mol. The number of hydrogen-bond donors (Lipinski definition) is 3. The van der Waals surface area contributed by atoms with Crippen LogP contribution in [0.4, 0.5) is 13.2 Å². The van der Waals surface area contributed by atoms with Gasteiger partial charge < -0.3 is 15.5 Å². The average molecular weight is 297 g/mol. The number of carbonyl (C=O) groups is 2. The Bertz CT molecular complexity index is 373. The number of aliphatic hydroxyl groups is 1. The van der Waals surface area contributed by atoms with Gasteiger partial charge in [-0.2, -0.15) is 13.2 Å². The van der Waals surface area contributed by atoms with E-state index in [1.165, 1.54) is 0 Å². The smallest absolute Gasteiger partial charge is 0.391 e. The van der Waals surface area contributed by atoms with Crippen molar-refractivity contribution in [2.24, 2.45) is 11.8 Å². The van der Waals surface area contributed by atoms with Crippen LogP contribution in [-0.4, -0.2) is 40.4 Å². The van der Waals surface area contributed by atoms with Crippen LogP contribution in [0.5, 0.6) is 0 Å². The van der Waals surface area contributed by atoms with Crippen molar-refractivity contribution in [2.45, 2.75) is 44.4 Å². The molecule has 1 fully saturated rings. The topological polar surface area (TPSA) is 86.6 Å². The number of aliphatic carboxylic acids is 1. The second-order valence-electron chi connectivity index (χ2n) is 5.39. The van der Waals surface area contributed by atoms with Gasteiger partial charge in [-0.15, -0.1) is 0 Å². The Morgan fingerprint density at radius 3 is 2.10 bits per heavy atom. The van der Waals surface area contributed by atoms with Crippen LogP contribution in [0.3, 0.4) is 0 Å². The number of amides is 1. The molecule has 1 rings (SSSR count). The fraction of sp³-hybridized carbons (Fsp3) is 0.833. The summed E-state index contributed by atoms with van der Waals surface area (Å²) in [7, 11) is 0. The summed E-state index contributed by atoms with van der Waals surface area (Å²) in [5, 5.41) is 20.4. The number of halogens is 3. The van der Waals surface area contributed by atoms with Gasteiger partial charge >= 0.3 is 12.1 Å². The zero-order chi connectivity index (χ0) is 15.6. The zero-order valence-electron chi connectivity index (χ0n) is 11.0. The van der Waals surface area contributed by atoms with Gasteiger partial charge in [0.25, 0.3) is 0 Å². The standard InChI is InChI=1S/C12H18F3NO4/c1-11(20,10(18)19)6-16-9(17)7-2-4-8(5-3-7)12(13,14)15/h7-8,20H,2-6H2,1H3,(H,16,17)(H,18,19). The first-order valence-corrected chi connectivity index (χ1v) is 6.34. The van der Waals surface area contributed by atoms with Crippen molar-refractivity contribution in [3.63, 3.8) is 0 Å². The number of carboxylic acids is 1. The first-order valence-electron chi connectivity index (χ1n) is 6.34. The van der Waals surface area contributed by atoms with Gasteiger partial charge in [0.15, 0.2) is 5.60 Å². The van der Waals surface area contributed by atoms with Gasteiger partial charge in [0.05, 0.1) is 12.5 Å². The van der Waals surface area contributed by atoms with E-state index in [0.29, 0.717) is 0 Å². The van der Waals surface area contributed by atoms with Crippen molar-refractivity contribution in [2.75, 3.05) is 6.54 Å². The van der Waals surface area contributed by atoms with E-state index in [1.54, 1.807) is 0 Å². The first-order chi connectivity index (χ1) is 9.04. The highest BCUT2D eigenvalue weighted by Crippen LogP contribution is 2.39. The summed E-state index contributed by atoms with van der Waals surface area (Å²) in [6.45, 7) is 0.566. The normalized spacial score (nSPS) is 26.6. The Kier molecular flexibility index (Phi) is 5.01. The highest BCUT2D eigenvalue weighted by molar-refractivity contribution is 5.81. The largest absolute Gasteiger partial charge is 0.479 e. The van der Waals surface area contributed by atoms with E-state index >= 15 is 0 Å². The van der Waals surface area contributed by atoms with E-state index in [0.717, 1.165) is 6.92 Å². The third-order valence-electron chi connectivity index (χ3n) is 3.63. The lowest BCUT2D eigenvalue weighted by Gasteiger charge is -2.29. The summed E-state index contributed by atoms with van der Waals surface area (Å²) in [6.07, 6.45) is -4.20. The molecule has 0 heterocycles. The average Bonchev–Trinajstić information content (AvgIpc) is 2.35. The molecule has 0 radical (unpaired) electrons. The minimum atomic E-state index is -4.23. The monoisotopic (exact) mass is 297 g/mol. The Balaban J connectivity index is 2.42. The van der Waals surface area contributed by atoms with Crippen molar-refractivity contribution in [1.82, 2.24) is 5.32 Å². The molecule has 0 aliphatic heterocycles. The number of hydrogen-bond acceptors (Lipinski definition) is 3. The lowest BCUT2D eigenvalue weighted by atomic mass is 9.81. The number of carboxylic acid groups (broad SMARTS) is 1. The zero-order valence-corrected chi connectivity index (χ0v) is 11.0. The minimum absolute atomic E-state index is 0.100. The van der Waals surface area contributed by atoms with Crippen LogP contribution in [0.1, 0.15) is 32.6 Å². The number of rotatable bonds is 4. The first kappa shape index (κ1) is 16.7. The molecule has 1 aliphatic rings. The highest BCUT2D eigenvalue weighted by Gasteiger charge is 2.42. The van der Waals surface area contributed by atoms with Crippen molar-refractivity contribution >= 4 is 11.9 Å². The quantitative estimate of drug-likeness (QED) is 0.730. The second kappa shape index (κ2) is 5.99. The lowest BCUT2D eigenvalue weighted by Crippen LogP contribution is -2.48. The molecule has 0 aromatic rings. The molecule has 1 aliphatic carbocycles. The highest BCUT2D eigenvalue weighted by atomic mass is 19.4. The van der Waals surface area contributed by atoms with Gasteiger partial charge in [-0.1, -0.05) is 0 Å². The molecule has 1 unspecified atom stereocenters. The van der Waals surface area contributed by atoms with Crippen molar-refractivity contribution < 1.29 is 33.0 Å². The predicted octanol–water partition coefficient (Wildman–Crippen LogP) is 1.31. The molecule has 1 amide bonds. The summed E-state index contributed by atoms with van der Waals surface area (Å²) in [5.74, 6) is -3.90. The molecule has 0 spiro atoms. The summed E-state index contributed by atoms with van der Waals surface area (Å²) < 4.78 is 37.4. The summed E-state index contributed by atoms with van der Waals surface area (Å²) in [4.78, 5) is 22.4. The van der Waals surface area contributed by atoms with Crippen LogP contribution >= 0.6 is 0 Å². The number of nitrogens with one attached hydrogen (secondary N) is 1. The number of alkyl halides is 3. The Hall–Kier alpha value is -1.31. The van der Waals surface area contributed by atoms with Crippen LogP contribution < -0.4 is 5.32 Å². The van der Waals surface area contributed by atoms with Gasteiger partial charge in [-0.3, -0.25) is 4.79 Å². The Labute approximate surface area is 114 Å². The maximum absolute atomic E-state index is 12.5. The maximum Gasteiger partial charge on any atom is 0.391 e. The SMILES string of the molecule is CC(O)(CNC(=O)C1CCC(C(F)(F)F)CC1)C(=O)O. The minimum Gasteiger partial charge on any atom is -0.479 e. The maximum atomic E-state index is 12.5. The van der Waals surface area contributed by atoms with E-state index in [-0.39, 0.29) is 25.7 Å². The molecule has 5 nitrogen and oxygen atoms in total.